The van der Waals surface area contributed by atoms with Crippen molar-refractivity contribution in [1.29, 1.82) is 0 Å². The van der Waals surface area contributed by atoms with Gasteiger partial charge in [-0.3, -0.25) is 4.79 Å². The normalized spacial score (nSPS) is 31.1. The number of hydrogen-bond donors (Lipinski definition) is 2. The third-order valence-corrected chi connectivity index (χ3v) is 3.50. The molecule has 0 bridgehead atoms. The highest BCUT2D eigenvalue weighted by molar-refractivity contribution is 5.82. The van der Waals surface area contributed by atoms with Crippen LogP contribution in [-0.2, 0) is 14.3 Å². The molecule has 17 heavy (non-hydrogen) atoms. The molecular formula is C12H22N2O3. The second-order valence-corrected chi connectivity index (χ2v) is 4.81. The molecule has 0 aromatic heterocycles. The van der Waals surface area contributed by atoms with Gasteiger partial charge in [0, 0.05) is 26.3 Å². The smallest absolute Gasteiger partial charge is 0.239 e. The van der Waals surface area contributed by atoms with Gasteiger partial charge in [-0.2, -0.15) is 0 Å². The van der Waals surface area contributed by atoms with E-state index in [0.29, 0.717) is 12.5 Å². The summed E-state index contributed by atoms with van der Waals surface area (Å²) in [7, 11) is 0. The zero-order valence-electron chi connectivity index (χ0n) is 10.4. The van der Waals surface area contributed by atoms with Crippen LogP contribution in [0.5, 0.6) is 0 Å². The molecule has 2 N–H and O–H groups in total. The van der Waals surface area contributed by atoms with Crippen molar-refractivity contribution in [3.8, 4) is 0 Å². The number of nitrogens with one attached hydrogen (secondary N) is 2. The second kappa shape index (κ2) is 6.33. The fraction of sp³-hybridized carbons (Fsp3) is 0.917. The molecule has 2 aliphatic heterocycles. The Balaban J connectivity index is 1.72. The van der Waals surface area contributed by atoms with Gasteiger partial charge in [-0.1, -0.05) is 0 Å². The van der Waals surface area contributed by atoms with Gasteiger partial charge in [-0.05, 0) is 25.7 Å². The highest BCUT2D eigenvalue weighted by Gasteiger charge is 2.28. The highest BCUT2D eigenvalue weighted by Crippen LogP contribution is 2.13. The van der Waals surface area contributed by atoms with E-state index >= 15 is 0 Å². The Bertz CT molecular complexity index is 254. The minimum atomic E-state index is -0.205. The molecule has 0 aromatic rings. The lowest BCUT2D eigenvalue weighted by Gasteiger charge is -2.30. The number of hydrogen-bond acceptors (Lipinski definition) is 4. The van der Waals surface area contributed by atoms with Gasteiger partial charge >= 0.3 is 0 Å². The monoisotopic (exact) mass is 242 g/mol. The van der Waals surface area contributed by atoms with Crippen LogP contribution < -0.4 is 10.6 Å². The van der Waals surface area contributed by atoms with Crippen molar-refractivity contribution in [2.24, 2.45) is 5.92 Å². The van der Waals surface area contributed by atoms with Crippen molar-refractivity contribution in [2.75, 3.05) is 32.9 Å². The van der Waals surface area contributed by atoms with Crippen LogP contribution in [0.2, 0.25) is 0 Å². The Morgan fingerprint density at radius 3 is 2.82 bits per heavy atom. The Kier molecular flexibility index (Phi) is 4.76. The standard InChI is InChI=1S/C12H22N2O3/c1-9-11(13-4-7-17-9)12(15)14-8-10-2-5-16-6-3-10/h9-11,13H,2-8H2,1H3,(H,14,15)/t9-,11+/m1/s1. The van der Waals surface area contributed by atoms with Crippen LogP contribution in [0.4, 0.5) is 0 Å². The summed E-state index contributed by atoms with van der Waals surface area (Å²) >= 11 is 0. The van der Waals surface area contributed by atoms with Crippen LogP contribution in [0.15, 0.2) is 0 Å². The third kappa shape index (κ3) is 3.66. The van der Waals surface area contributed by atoms with Crippen molar-refractivity contribution in [3.63, 3.8) is 0 Å². The predicted molar refractivity (Wildman–Crippen MR) is 63.8 cm³/mol. The van der Waals surface area contributed by atoms with E-state index in [0.717, 1.165) is 39.1 Å². The van der Waals surface area contributed by atoms with Crippen molar-refractivity contribution >= 4 is 5.91 Å². The van der Waals surface area contributed by atoms with Gasteiger partial charge < -0.3 is 20.1 Å². The van der Waals surface area contributed by atoms with Crippen LogP contribution in [0.3, 0.4) is 0 Å². The zero-order chi connectivity index (χ0) is 12.1. The molecule has 98 valence electrons. The number of morpholine rings is 1. The van der Waals surface area contributed by atoms with Crippen molar-refractivity contribution in [1.82, 2.24) is 10.6 Å². The fourth-order valence-electron chi connectivity index (χ4n) is 2.33. The van der Waals surface area contributed by atoms with Gasteiger partial charge in [0.25, 0.3) is 0 Å². The largest absolute Gasteiger partial charge is 0.381 e. The second-order valence-electron chi connectivity index (χ2n) is 4.81. The van der Waals surface area contributed by atoms with E-state index < -0.39 is 0 Å². The molecule has 2 aliphatic rings. The van der Waals surface area contributed by atoms with Crippen LogP contribution >= 0.6 is 0 Å². The highest BCUT2D eigenvalue weighted by atomic mass is 16.5. The molecule has 2 saturated heterocycles. The van der Waals surface area contributed by atoms with E-state index in [2.05, 4.69) is 10.6 Å². The molecule has 5 nitrogen and oxygen atoms in total. The van der Waals surface area contributed by atoms with Crippen molar-refractivity contribution in [3.05, 3.63) is 0 Å². The zero-order valence-corrected chi connectivity index (χ0v) is 10.4. The van der Waals surface area contributed by atoms with E-state index in [1.807, 2.05) is 6.92 Å². The van der Waals surface area contributed by atoms with Crippen LogP contribution in [0, 0.1) is 5.92 Å². The number of amides is 1. The van der Waals surface area contributed by atoms with Gasteiger partial charge in [-0.15, -0.1) is 0 Å². The van der Waals surface area contributed by atoms with Gasteiger partial charge in [0.1, 0.15) is 6.04 Å². The summed E-state index contributed by atoms with van der Waals surface area (Å²) in [6.07, 6.45) is 2.05. The molecule has 2 fully saturated rings. The topological polar surface area (TPSA) is 59.6 Å². The third-order valence-electron chi connectivity index (χ3n) is 3.50. The first-order chi connectivity index (χ1) is 8.27. The van der Waals surface area contributed by atoms with Crippen LogP contribution in [-0.4, -0.2) is 51.0 Å². The molecule has 0 spiro atoms. The van der Waals surface area contributed by atoms with Gasteiger partial charge in [0.05, 0.1) is 12.7 Å². The lowest BCUT2D eigenvalue weighted by molar-refractivity contribution is -0.129. The van der Waals surface area contributed by atoms with E-state index in [4.69, 9.17) is 9.47 Å². The predicted octanol–water partition coefficient (Wildman–Crippen LogP) is -0.0939. The Morgan fingerprint density at radius 2 is 2.12 bits per heavy atom. The average molecular weight is 242 g/mol. The summed E-state index contributed by atoms with van der Waals surface area (Å²) < 4.78 is 10.8. The SMILES string of the molecule is C[C@H]1OCCN[C@@H]1C(=O)NCC1CCOCC1. The molecule has 0 radical (unpaired) electrons. The summed E-state index contributed by atoms with van der Waals surface area (Å²) in [6, 6.07) is -0.205. The number of rotatable bonds is 3. The minimum Gasteiger partial charge on any atom is -0.381 e. The summed E-state index contributed by atoms with van der Waals surface area (Å²) in [6.45, 7) is 5.77. The lowest BCUT2D eigenvalue weighted by atomic mass is 10.00. The summed E-state index contributed by atoms with van der Waals surface area (Å²) in [5, 5.41) is 6.21. The molecular weight excluding hydrogens is 220 g/mol. The number of carbonyl (C=O) groups excluding carboxylic acids is 1. The van der Waals surface area contributed by atoms with E-state index in [1.54, 1.807) is 0 Å². The summed E-state index contributed by atoms with van der Waals surface area (Å²) in [4.78, 5) is 12.0. The molecule has 2 rings (SSSR count). The Labute approximate surface area is 102 Å². The molecule has 5 heteroatoms. The minimum absolute atomic E-state index is 0.0431. The maximum atomic E-state index is 12.0. The summed E-state index contributed by atoms with van der Waals surface area (Å²) in [5.74, 6) is 0.621. The molecule has 2 atom stereocenters. The molecule has 1 amide bonds. The average Bonchev–Trinajstić information content (AvgIpc) is 2.38. The van der Waals surface area contributed by atoms with Gasteiger partial charge in [0.15, 0.2) is 0 Å². The Hall–Kier alpha value is -0.650. The van der Waals surface area contributed by atoms with E-state index in [1.165, 1.54) is 0 Å². The Morgan fingerprint density at radius 1 is 1.35 bits per heavy atom. The van der Waals surface area contributed by atoms with E-state index in [-0.39, 0.29) is 18.1 Å². The maximum absolute atomic E-state index is 12.0. The number of ether oxygens (including phenoxy) is 2. The molecule has 0 aliphatic carbocycles. The molecule has 0 aromatic carbocycles. The molecule has 0 saturated carbocycles. The van der Waals surface area contributed by atoms with Crippen LogP contribution in [0.25, 0.3) is 0 Å². The number of carbonyl (C=O) groups is 1. The van der Waals surface area contributed by atoms with Crippen LogP contribution in [0.1, 0.15) is 19.8 Å². The van der Waals surface area contributed by atoms with Gasteiger partial charge in [0.2, 0.25) is 5.91 Å². The van der Waals surface area contributed by atoms with Crippen molar-refractivity contribution in [2.45, 2.75) is 31.9 Å². The summed E-state index contributed by atoms with van der Waals surface area (Å²) in [5.41, 5.74) is 0. The first kappa shape index (κ1) is 12.8. The van der Waals surface area contributed by atoms with E-state index in [9.17, 15) is 4.79 Å². The molecule has 2 heterocycles. The maximum Gasteiger partial charge on any atom is 0.239 e. The fourth-order valence-corrected chi connectivity index (χ4v) is 2.33. The lowest BCUT2D eigenvalue weighted by Crippen LogP contribution is -2.56. The quantitative estimate of drug-likeness (QED) is 0.726. The van der Waals surface area contributed by atoms with Crippen molar-refractivity contribution < 1.29 is 14.3 Å². The first-order valence-electron chi connectivity index (χ1n) is 6.48. The first-order valence-corrected chi connectivity index (χ1v) is 6.48. The van der Waals surface area contributed by atoms with Gasteiger partial charge in [-0.25, -0.2) is 0 Å². The molecule has 0 unspecified atom stereocenters.